The minimum Gasteiger partial charge on any atom is -0.381 e. The van der Waals surface area contributed by atoms with Crippen LogP contribution in [0.15, 0.2) is 54.6 Å². The summed E-state index contributed by atoms with van der Waals surface area (Å²) in [7, 11) is 0. The minimum absolute atomic E-state index is 0. The highest BCUT2D eigenvalue weighted by molar-refractivity contribution is 5.85. The van der Waals surface area contributed by atoms with Crippen LogP contribution in [-0.4, -0.2) is 31.1 Å². The first-order chi connectivity index (χ1) is 10.8. The summed E-state index contributed by atoms with van der Waals surface area (Å²) in [4.78, 5) is 2.54. The van der Waals surface area contributed by atoms with Gasteiger partial charge in [0.15, 0.2) is 0 Å². The fraction of sp³-hybridized carbons (Fsp3) is 0.368. The Hall–Kier alpha value is -1.26. The molecule has 0 aromatic heterocycles. The van der Waals surface area contributed by atoms with Gasteiger partial charge in [-0.1, -0.05) is 42.5 Å². The number of halogens is 2. The van der Waals surface area contributed by atoms with Crippen molar-refractivity contribution in [2.45, 2.75) is 19.5 Å². The summed E-state index contributed by atoms with van der Waals surface area (Å²) >= 11 is 0. The van der Waals surface area contributed by atoms with Crippen molar-refractivity contribution in [3.05, 3.63) is 65.7 Å². The second kappa shape index (κ2) is 10.6. The largest absolute Gasteiger partial charge is 0.381 e. The lowest BCUT2D eigenvalue weighted by atomic mass is 10.1. The van der Waals surface area contributed by atoms with Crippen molar-refractivity contribution in [3.63, 3.8) is 0 Å². The highest BCUT2D eigenvalue weighted by atomic mass is 35.5. The Balaban J connectivity index is 0.00000144. The molecular formula is C19H27Cl2N3. The van der Waals surface area contributed by atoms with Crippen molar-refractivity contribution in [2.24, 2.45) is 0 Å². The van der Waals surface area contributed by atoms with Crippen LogP contribution in [0.1, 0.15) is 24.1 Å². The average Bonchev–Trinajstić information content (AvgIpc) is 2.61. The van der Waals surface area contributed by atoms with Gasteiger partial charge in [0.1, 0.15) is 0 Å². The van der Waals surface area contributed by atoms with Gasteiger partial charge in [-0.05, 0) is 30.2 Å². The molecule has 0 radical (unpaired) electrons. The Bertz CT molecular complexity index is 569. The summed E-state index contributed by atoms with van der Waals surface area (Å²) in [5.41, 5.74) is 3.88. The predicted octanol–water partition coefficient (Wildman–Crippen LogP) is 4.11. The molecule has 1 fully saturated rings. The number of nitrogens with one attached hydrogen (secondary N) is 2. The quantitative estimate of drug-likeness (QED) is 0.832. The van der Waals surface area contributed by atoms with E-state index in [1.54, 1.807) is 0 Å². The molecule has 2 aromatic carbocycles. The normalized spacial score (nSPS) is 15.7. The maximum atomic E-state index is 3.48. The molecule has 2 aromatic rings. The van der Waals surface area contributed by atoms with E-state index in [9.17, 15) is 0 Å². The Labute approximate surface area is 157 Å². The van der Waals surface area contributed by atoms with Gasteiger partial charge >= 0.3 is 0 Å². The number of hydrogen-bond donors (Lipinski definition) is 2. The van der Waals surface area contributed by atoms with Crippen LogP contribution >= 0.6 is 24.8 Å². The molecular weight excluding hydrogens is 341 g/mol. The fourth-order valence-electron chi connectivity index (χ4n) is 2.96. The molecule has 0 aliphatic carbocycles. The van der Waals surface area contributed by atoms with Crippen molar-refractivity contribution in [2.75, 3.05) is 31.5 Å². The van der Waals surface area contributed by atoms with Crippen LogP contribution in [0.4, 0.5) is 5.69 Å². The van der Waals surface area contributed by atoms with Gasteiger partial charge in [0, 0.05) is 44.5 Å². The lowest BCUT2D eigenvalue weighted by molar-refractivity contribution is 0.185. The third kappa shape index (κ3) is 5.67. The van der Waals surface area contributed by atoms with E-state index >= 15 is 0 Å². The molecule has 3 nitrogen and oxygen atoms in total. The van der Waals surface area contributed by atoms with Crippen LogP contribution in [0, 0.1) is 0 Å². The van der Waals surface area contributed by atoms with E-state index in [2.05, 4.69) is 77.1 Å². The SMILES string of the molecule is C[C@H](c1ccc(NCc2ccccc2)cc1)N1CCNCC1.Cl.Cl. The maximum Gasteiger partial charge on any atom is 0.0400 e. The smallest absolute Gasteiger partial charge is 0.0400 e. The summed E-state index contributed by atoms with van der Waals surface area (Å²) in [6, 6.07) is 19.9. The Morgan fingerprint density at radius 1 is 0.958 bits per heavy atom. The Morgan fingerprint density at radius 3 is 2.21 bits per heavy atom. The molecule has 24 heavy (non-hydrogen) atoms. The van der Waals surface area contributed by atoms with E-state index in [-0.39, 0.29) is 24.8 Å². The third-order valence-corrected chi connectivity index (χ3v) is 4.43. The molecule has 5 heteroatoms. The minimum atomic E-state index is 0. The Kier molecular flexibility index (Phi) is 9.16. The van der Waals surface area contributed by atoms with Gasteiger partial charge in [-0.25, -0.2) is 0 Å². The molecule has 1 saturated heterocycles. The molecule has 0 amide bonds. The van der Waals surface area contributed by atoms with Crippen molar-refractivity contribution in [1.29, 1.82) is 0 Å². The van der Waals surface area contributed by atoms with Gasteiger partial charge in [0.25, 0.3) is 0 Å². The molecule has 1 atom stereocenters. The van der Waals surface area contributed by atoms with Gasteiger partial charge in [-0.2, -0.15) is 0 Å². The molecule has 0 saturated carbocycles. The van der Waals surface area contributed by atoms with E-state index in [0.29, 0.717) is 6.04 Å². The topological polar surface area (TPSA) is 27.3 Å². The van der Waals surface area contributed by atoms with E-state index in [4.69, 9.17) is 0 Å². The lowest BCUT2D eigenvalue weighted by Gasteiger charge is -2.33. The first-order valence-corrected chi connectivity index (χ1v) is 8.15. The van der Waals surface area contributed by atoms with E-state index in [1.165, 1.54) is 16.8 Å². The van der Waals surface area contributed by atoms with Crippen LogP contribution in [0.25, 0.3) is 0 Å². The fourth-order valence-corrected chi connectivity index (χ4v) is 2.96. The highest BCUT2D eigenvalue weighted by Gasteiger charge is 2.17. The number of rotatable bonds is 5. The molecule has 0 unspecified atom stereocenters. The summed E-state index contributed by atoms with van der Waals surface area (Å²) in [6.45, 7) is 7.64. The van der Waals surface area contributed by atoms with Gasteiger partial charge in [0.2, 0.25) is 0 Å². The molecule has 0 bridgehead atoms. The number of anilines is 1. The van der Waals surface area contributed by atoms with Crippen molar-refractivity contribution < 1.29 is 0 Å². The van der Waals surface area contributed by atoms with Crippen LogP contribution in [-0.2, 0) is 6.54 Å². The molecule has 3 rings (SSSR count). The van der Waals surface area contributed by atoms with Gasteiger partial charge in [-0.15, -0.1) is 24.8 Å². The molecule has 1 aliphatic heterocycles. The summed E-state index contributed by atoms with van der Waals surface area (Å²) in [5.74, 6) is 0. The van der Waals surface area contributed by atoms with Gasteiger partial charge < -0.3 is 10.6 Å². The zero-order chi connectivity index (χ0) is 15.2. The molecule has 0 spiro atoms. The highest BCUT2D eigenvalue weighted by Crippen LogP contribution is 2.22. The van der Waals surface area contributed by atoms with Crippen LogP contribution < -0.4 is 10.6 Å². The second-order valence-corrected chi connectivity index (χ2v) is 5.92. The zero-order valence-corrected chi connectivity index (χ0v) is 15.7. The lowest BCUT2D eigenvalue weighted by Crippen LogP contribution is -2.44. The van der Waals surface area contributed by atoms with Crippen LogP contribution in [0.2, 0.25) is 0 Å². The second-order valence-electron chi connectivity index (χ2n) is 5.92. The molecule has 1 heterocycles. The zero-order valence-electron chi connectivity index (χ0n) is 14.1. The van der Waals surface area contributed by atoms with Crippen molar-refractivity contribution >= 4 is 30.5 Å². The average molecular weight is 368 g/mol. The van der Waals surface area contributed by atoms with Crippen molar-refractivity contribution in [3.8, 4) is 0 Å². The van der Waals surface area contributed by atoms with Gasteiger partial charge in [0.05, 0.1) is 0 Å². The third-order valence-electron chi connectivity index (χ3n) is 4.43. The molecule has 1 aliphatic rings. The molecule has 2 N–H and O–H groups in total. The van der Waals surface area contributed by atoms with Crippen LogP contribution in [0.3, 0.4) is 0 Å². The Morgan fingerprint density at radius 2 is 1.58 bits per heavy atom. The number of hydrogen-bond acceptors (Lipinski definition) is 3. The number of benzene rings is 2. The summed E-state index contributed by atoms with van der Waals surface area (Å²) in [5, 5.41) is 6.89. The summed E-state index contributed by atoms with van der Waals surface area (Å²) < 4.78 is 0. The predicted molar refractivity (Wildman–Crippen MR) is 108 cm³/mol. The first kappa shape index (κ1) is 20.8. The summed E-state index contributed by atoms with van der Waals surface area (Å²) in [6.07, 6.45) is 0. The monoisotopic (exact) mass is 367 g/mol. The molecule has 132 valence electrons. The first-order valence-electron chi connectivity index (χ1n) is 8.15. The van der Waals surface area contributed by atoms with E-state index in [0.717, 1.165) is 32.7 Å². The van der Waals surface area contributed by atoms with Crippen LogP contribution in [0.5, 0.6) is 0 Å². The number of piperazine rings is 1. The van der Waals surface area contributed by atoms with E-state index < -0.39 is 0 Å². The number of nitrogens with zero attached hydrogens (tertiary/aromatic N) is 1. The standard InChI is InChI=1S/C19H25N3.2ClH/c1-16(22-13-11-20-12-14-22)18-7-9-19(10-8-18)21-15-17-5-3-2-4-6-17;;/h2-10,16,20-21H,11-15H2,1H3;2*1H/t16-;;/m1../s1. The maximum absolute atomic E-state index is 3.48. The van der Waals surface area contributed by atoms with E-state index in [1.807, 2.05) is 0 Å². The van der Waals surface area contributed by atoms with Gasteiger partial charge in [-0.3, -0.25) is 4.90 Å². The van der Waals surface area contributed by atoms with Crippen molar-refractivity contribution in [1.82, 2.24) is 10.2 Å².